The average Bonchev–Trinajstić information content (AvgIpc) is 3.08. The van der Waals surface area contributed by atoms with Crippen LogP contribution < -0.4 is 10.1 Å². The Labute approximate surface area is 108 Å². The monoisotopic (exact) mass is 251 g/mol. The summed E-state index contributed by atoms with van der Waals surface area (Å²) in [6.07, 6.45) is 2.58. The highest BCUT2D eigenvalue weighted by Crippen LogP contribution is 2.24. The standard InChI is InChI=1S/C14H18ClNO/c1-10-3-6-14(17-9-11(2)15)12(7-10)8-16-13-4-5-13/h3,6-7,13,16H,2,4-5,8-9H2,1H3. The van der Waals surface area contributed by atoms with Crippen LogP contribution in [0.5, 0.6) is 5.75 Å². The lowest BCUT2D eigenvalue weighted by atomic mass is 10.1. The molecule has 2 nitrogen and oxygen atoms in total. The summed E-state index contributed by atoms with van der Waals surface area (Å²) in [5, 5.41) is 4.01. The predicted molar refractivity (Wildman–Crippen MR) is 71.5 cm³/mol. The fourth-order valence-corrected chi connectivity index (χ4v) is 1.74. The Morgan fingerprint density at radius 2 is 2.29 bits per heavy atom. The number of halogens is 1. The number of hydrogen-bond donors (Lipinski definition) is 1. The minimum Gasteiger partial charge on any atom is -0.488 e. The van der Waals surface area contributed by atoms with E-state index in [2.05, 4.69) is 24.9 Å². The Morgan fingerprint density at radius 1 is 1.53 bits per heavy atom. The van der Waals surface area contributed by atoms with Gasteiger partial charge in [-0.3, -0.25) is 0 Å². The number of nitrogens with one attached hydrogen (secondary N) is 1. The highest BCUT2D eigenvalue weighted by atomic mass is 35.5. The molecule has 1 aromatic rings. The van der Waals surface area contributed by atoms with Gasteiger partial charge in [0.2, 0.25) is 0 Å². The summed E-state index contributed by atoms with van der Waals surface area (Å²) in [5.41, 5.74) is 2.43. The van der Waals surface area contributed by atoms with Crippen LogP contribution >= 0.6 is 11.6 Å². The Kier molecular flexibility index (Phi) is 4.08. The second-order valence-corrected chi connectivity index (χ2v) is 5.11. The third-order valence-corrected chi connectivity index (χ3v) is 2.87. The first kappa shape index (κ1) is 12.5. The lowest BCUT2D eigenvalue weighted by Crippen LogP contribution is -2.16. The minimum atomic E-state index is 0.362. The topological polar surface area (TPSA) is 21.3 Å². The molecule has 3 heteroatoms. The molecular formula is C14H18ClNO. The van der Waals surface area contributed by atoms with Crippen LogP contribution in [0.15, 0.2) is 29.8 Å². The van der Waals surface area contributed by atoms with Crippen molar-refractivity contribution in [2.75, 3.05) is 6.61 Å². The Hall–Kier alpha value is -0.990. The summed E-state index contributed by atoms with van der Waals surface area (Å²) >= 11 is 5.71. The van der Waals surface area contributed by atoms with Crippen molar-refractivity contribution in [3.05, 3.63) is 40.9 Å². The molecule has 2 rings (SSSR count). The summed E-state index contributed by atoms with van der Waals surface area (Å²) in [6.45, 7) is 6.93. The molecule has 1 aliphatic rings. The van der Waals surface area contributed by atoms with Crippen molar-refractivity contribution < 1.29 is 4.74 Å². The molecule has 0 spiro atoms. The molecule has 17 heavy (non-hydrogen) atoms. The van der Waals surface area contributed by atoms with E-state index in [1.807, 2.05) is 12.1 Å². The summed E-state index contributed by atoms with van der Waals surface area (Å²) in [6, 6.07) is 6.90. The molecule has 1 N–H and O–H groups in total. The molecule has 0 amide bonds. The van der Waals surface area contributed by atoms with Crippen molar-refractivity contribution in [2.45, 2.75) is 32.4 Å². The van der Waals surface area contributed by atoms with Crippen LogP contribution in [-0.4, -0.2) is 12.6 Å². The van der Waals surface area contributed by atoms with Gasteiger partial charge in [-0.25, -0.2) is 0 Å². The Bertz CT molecular complexity index is 413. The highest BCUT2D eigenvalue weighted by molar-refractivity contribution is 6.29. The molecule has 1 aromatic carbocycles. The number of aryl methyl sites for hydroxylation is 1. The van der Waals surface area contributed by atoms with Gasteiger partial charge in [-0.15, -0.1) is 0 Å². The van der Waals surface area contributed by atoms with Crippen LogP contribution in [0.2, 0.25) is 0 Å². The van der Waals surface area contributed by atoms with Gasteiger partial charge in [-0.05, 0) is 25.8 Å². The molecule has 92 valence electrons. The van der Waals surface area contributed by atoms with Crippen LogP contribution in [0.1, 0.15) is 24.0 Å². The fraction of sp³-hybridized carbons (Fsp3) is 0.429. The van der Waals surface area contributed by atoms with E-state index in [-0.39, 0.29) is 0 Å². The van der Waals surface area contributed by atoms with Crippen LogP contribution in [-0.2, 0) is 6.54 Å². The quantitative estimate of drug-likeness (QED) is 0.837. The van der Waals surface area contributed by atoms with Gasteiger partial charge in [0.1, 0.15) is 12.4 Å². The van der Waals surface area contributed by atoms with Crippen molar-refractivity contribution >= 4 is 11.6 Å². The number of benzene rings is 1. The minimum absolute atomic E-state index is 0.362. The van der Waals surface area contributed by atoms with Crippen molar-refractivity contribution in [3.8, 4) is 5.75 Å². The molecule has 1 fully saturated rings. The summed E-state index contributed by atoms with van der Waals surface area (Å²) < 4.78 is 5.63. The van der Waals surface area contributed by atoms with E-state index in [1.54, 1.807) is 0 Å². The van der Waals surface area contributed by atoms with Crippen molar-refractivity contribution in [3.63, 3.8) is 0 Å². The SMILES string of the molecule is C=C(Cl)COc1ccc(C)cc1CNC1CC1. The molecule has 0 aromatic heterocycles. The van der Waals surface area contributed by atoms with E-state index in [4.69, 9.17) is 16.3 Å². The molecule has 0 atom stereocenters. The van der Waals surface area contributed by atoms with Gasteiger partial charge < -0.3 is 10.1 Å². The van der Waals surface area contributed by atoms with Gasteiger partial charge in [0.05, 0.1) is 0 Å². The maximum Gasteiger partial charge on any atom is 0.124 e. The first-order chi connectivity index (χ1) is 8.15. The fourth-order valence-electron chi connectivity index (χ4n) is 1.69. The Morgan fingerprint density at radius 3 is 2.94 bits per heavy atom. The Balaban J connectivity index is 2.02. The van der Waals surface area contributed by atoms with Crippen molar-refractivity contribution in [2.24, 2.45) is 0 Å². The smallest absolute Gasteiger partial charge is 0.124 e. The van der Waals surface area contributed by atoms with Gasteiger partial charge in [-0.2, -0.15) is 0 Å². The normalized spacial score (nSPS) is 14.7. The van der Waals surface area contributed by atoms with E-state index in [9.17, 15) is 0 Å². The number of hydrogen-bond acceptors (Lipinski definition) is 2. The largest absolute Gasteiger partial charge is 0.488 e. The average molecular weight is 252 g/mol. The molecule has 0 aliphatic heterocycles. The van der Waals surface area contributed by atoms with Gasteiger partial charge in [0.15, 0.2) is 0 Å². The molecule has 0 heterocycles. The van der Waals surface area contributed by atoms with Crippen molar-refractivity contribution in [1.29, 1.82) is 0 Å². The third-order valence-electron chi connectivity index (χ3n) is 2.76. The molecule has 1 aliphatic carbocycles. The summed E-state index contributed by atoms with van der Waals surface area (Å²) in [4.78, 5) is 0. The van der Waals surface area contributed by atoms with Gasteiger partial charge in [0.25, 0.3) is 0 Å². The van der Waals surface area contributed by atoms with Crippen molar-refractivity contribution in [1.82, 2.24) is 5.32 Å². The van der Waals surface area contributed by atoms with Gasteiger partial charge in [0, 0.05) is 23.2 Å². The van der Waals surface area contributed by atoms with Crippen LogP contribution in [0.4, 0.5) is 0 Å². The second-order valence-electron chi connectivity index (χ2n) is 4.57. The van der Waals surface area contributed by atoms with E-state index < -0.39 is 0 Å². The number of ether oxygens (including phenoxy) is 1. The van der Waals surface area contributed by atoms with Gasteiger partial charge in [-0.1, -0.05) is 35.9 Å². The molecule has 1 saturated carbocycles. The van der Waals surface area contributed by atoms with E-state index >= 15 is 0 Å². The van der Waals surface area contributed by atoms with E-state index in [0.29, 0.717) is 17.7 Å². The zero-order valence-electron chi connectivity index (χ0n) is 10.1. The van der Waals surface area contributed by atoms with E-state index in [1.165, 1.54) is 24.0 Å². The summed E-state index contributed by atoms with van der Waals surface area (Å²) in [7, 11) is 0. The lowest BCUT2D eigenvalue weighted by molar-refractivity contribution is 0.354. The van der Waals surface area contributed by atoms with Gasteiger partial charge >= 0.3 is 0 Å². The number of rotatable bonds is 6. The van der Waals surface area contributed by atoms with Crippen LogP contribution in [0.3, 0.4) is 0 Å². The molecular weight excluding hydrogens is 234 g/mol. The zero-order valence-corrected chi connectivity index (χ0v) is 10.9. The van der Waals surface area contributed by atoms with E-state index in [0.717, 1.165) is 12.3 Å². The molecule has 0 radical (unpaired) electrons. The summed E-state index contributed by atoms with van der Waals surface area (Å²) in [5.74, 6) is 0.894. The maximum absolute atomic E-state index is 5.71. The first-order valence-corrected chi connectivity index (χ1v) is 6.32. The molecule has 0 unspecified atom stereocenters. The zero-order chi connectivity index (χ0) is 12.3. The van der Waals surface area contributed by atoms with Crippen LogP contribution in [0.25, 0.3) is 0 Å². The van der Waals surface area contributed by atoms with Crippen LogP contribution in [0, 0.1) is 6.92 Å². The lowest BCUT2D eigenvalue weighted by Gasteiger charge is -2.12. The predicted octanol–water partition coefficient (Wildman–Crippen LogP) is 3.38. The highest BCUT2D eigenvalue weighted by Gasteiger charge is 2.20. The third kappa shape index (κ3) is 4.06. The first-order valence-electron chi connectivity index (χ1n) is 5.94. The molecule has 0 saturated heterocycles. The molecule has 0 bridgehead atoms. The maximum atomic E-state index is 5.71. The second kappa shape index (κ2) is 5.56.